The summed E-state index contributed by atoms with van der Waals surface area (Å²) >= 11 is 0. The van der Waals surface area contributed by atoms with E-state index in [4.69, 9.17) is 0 Å². The topological polar surface area (TPSA) is 43.9 Å². The van der Waals surface area contributed by atoms with E-state index in [0.717, 1.165) is 26.2 Å². The zero-order valence-electron chi connectivity index (χ0n) is 13.8. The van der Waals surface area contributed by atoms with Crippen molar-refractivity contribution >= 4 is 11.8 Å². The Labute approximate surface area is 133 Å². The SMILES string of the molecule is C=CCN1CC(C(=O)N(C)CCN2CCCCCC2)CC1=O. The molecule has 2 rings (SSSR count). The van der Waals surface area contributed by atoms with Gasteiger partial charge >= 0.3 is 0 Å². The smallest absolute Gasteiger partial charge is 0.227 e. The second kappa shape index (κ2) is 8.32. The third kappa shape index (κ3) is 4.57. The van der Waals surface area contributed by atoms with E-state index in [-0.39, 0.29) is 17.7 Å². The minimum absolute atomic E-state index is 0.0687. The van der Waals surface area contributed by atoms with Gasteiger partial charge in [-0.15, -0.1) is 6.58 Å². The quantitative estimate of drug-likeness (QED) is 0.696. The summed E-state index contributed by atoms with van der Waals surface area (Å²) in [5.74, 6) is -0.00418. The zero-order valence-corrected chi connectivity index (χ0v) is 13.8. The summed E-state index contributed by atoms with van der Waals surface area (Å²) in [6.07, 6.45) is 7.26. The molecule has 0 N–H and O–H groups in total. The number of carbonyl (C=O) groups excluding carboxylic acids is 2. The molecule has 0 spiro atoms. The highest BCUT2D eigenvalue weighted by Crippen LogP contribution is 2.19. The van der Waals surface area contributed by atoms with Crippen molar-refractivity contribution in [3.8, 4) is 0 Å². The summed E-state index contributed by atoms with van der Waals surface area (Å²) in [7, 11) is 1.86. The average Bonchev–Trinajstić information content (AvgIpc) is 2.73. The van der Waals surface area contributed by atoms with Crippen molar-refractivity contribution in [2.75, 3.05) is 46.3 Å². The standard InChI is InChI=1S/C17H29N3O2/c1-3-8-20-14-15(13-16(20)21)17(22)18(2)11-12-19-9-6-4-5-7-10-19/h3,15H,1,4-14H2,2H3. The molecule has 1 unspecified atom stereocenters. The number of rotatable bonds is 6. The van der Waals surface area contributed by atoms with E-state index in [1.54, 1.807) is 15.9 Å². The van der Waals surface area contributed by atoms with Gasteiger partial charge in [-0.25, -0.2) is 0 Å². The van der Waals surface area contributed by atoms with E-state index in [0.29, 0.717) is 19.5 Å². The Bertz CT molecular complexity index is 403. The maximum atomic E-state index is 12.5. The highest BCUT2D eigenvalue weighted by Gasteiger charge is 2.35. The highest BCUT2D eigenvalue weighted by molar-refractivity contribution is 5.89. The first-order chi connectivity index (χ1) is 10.6. The maximum absolute atomic E-state index is 12.5. The number of hydrogen-bond acceptors (Lipinski definition) is 3. The second-order valence-electron chi connectivity index (χ2n) is 6.50. The molecule has 22 heavy (non-hydrogen) atoms. The minimum Gasteiger partial charge on any atom is -0.344 e. The lowest BCUT2D eigenvalue weighted by Gasteiger charge is -2.25. The first-order valence-corrected chi connectivity index (χ1v) is 8.48. The Balaban J connectivity index is 1.77. The molecule has 2 amide bonds. The summed E-state index contributed by atoms with van der Waals surface area (Å²) in [5, 5.41) is 0. The van der Waals surface area contributed by atoms with Crippen LogP contribution in [0.3, 0.4) is 0 Å². The molecule has 0 aromatic carbocycles. The molecule has 0 saturated carbocycles. The summed E-state index contributed by atoms with van der Waals surface area (Å²) < 4.78 is 0. The number of likely N-dealkylation sites (N-methyl/N-ethyl adjacent to an activating group) is 1. The molecule has 5 nitrogen and oxygen atoms in total. The van der Waals surface area contributed by atoms with Gasteiger partial charge in [-0.1, -0.05) is 18.9 Å². The van der Waals surface area contributed by atoms with Crippen molar-refractivity contribution in [1.29, 1.82) is 0 Å². The van der Waals surface area contributed by atoms with Crippen molar-refractivity contribution in [2.45, 2.75) is 32.1 Å². The molecule has 0 aliphatic carbocycles. The van der Waals surface area contributed by atoms with E-state index < -0.39 is 0 Å². The van der Waals surface area contributed by atoms with Crippen LogP contribution in [0.1, 0.15) is 32.1 Å². The van der Waals surface area contributed by atoms with Crippen molar-refractivity contribution < 1.29 is 9.59 Å². The Morgan fingerprint density at radius 2 is 2.00 bits per heavy atom. The van der Waals surface area contributed by atoms with E-state index in [1.807, 2.05) is 7.05 Å². The predicted octanol–water partition coefficient (Wildman–Crippen LogP) is 1.36. The molecule has 0 aromatic heterocycles. The molecular formula is C17H29N3O2. The average molecular weight is 307 g/mol. The van der Waals surface area contributed by atoms with Gasteiger partial charge in [0.25, 0.3) is 0 Å². The lowest BCUT2D eigenvalue weighted by Crippen LogP contribution is -2.40. The Morgan fingerprint density at radius 1 is 1.32 bits per heavy atom. The van der Waals surface area contributed by atoms with Gasteiger partial charge < -0.3 is 14.7 Å². The van der Waals surface area contributed by atoms with Gasteiger partial charge in [-0.3, -0.25) is 9.59 Å². The molecule has 2 aliphatic heterocycles. The van der Waals surface area contributed by atoms with Gasteiger partial charge in [-0.2, -0.15) is 0 Å². The van der Waals surface area contributed by atoms with Gasteiger partial charge in [-0.05, 0) is 25.9 Å². The fourth-order valence-corrected chi connectivity index (χ4v) is 3.34. The lowest BCUT2D eigenvalue weighted by molar-refractivity contribution is -0.134. The van der Waals surface area contributed by atoms with Crippen LogP contribution in [-0.4, -0.2) is 72.8 Å². The molecule has 5 heteroatoms. The van der Waals surface area contributed by atoms with Crippen LogP contribution >= 0.6 is 0 Å². The fourth-order valence-electron chi connectivity index (χ4n) is 3.34. The van der Waals surface area contributed by atoms with Crippen LogP contribution in [0.4, 0.5) is 0 Å². The van der Waals surface area contributed by atoms with Crippen LogP contribution in [0.5, 0.6) is 0 Å². The van der Waals surface area contributed by atoms with E-state index in [2.05, 4.69) is 11.5 Å². The predicted molar refractivity (Wildman–Crippen MR) is 87.4 cm³/mol. The largest absolute Gasteiger partial charge is 0.344 e. The highest BCUT2D eigenvalue weighted by atomic mass is 16.2. The molecule has 2 fully saturated rings. The van der Waals surface area contributed by atoms with Gasteiger partial charge in [0.2, 0.25) is 11.8 Å². The van der Waals surface area contributed by atoms with E-state index >= 15 is 0 Å². The van der Waals surface area contributed by atoms with Gasteiger partial charge in [0.05, 0.1) is 5.92 Å². The maximum Gasteiger partial charge on any atom is 0.227 e. The van der Waals surface area contributed by atoms with Crippen molar-refractivity contribution in [2.24, 2.45) is 5.92 Å². The number of carbonyl (C=O) groups is 2. The number of hydrogen-bond donors (Lipinski definition) is 0. The van der Waals surface area contributed by atoms with Crippen LogP contribution in [0.25, 0.3) is 0 Å². The van der Waals surface area contributed by atoms with Crippen molar-refractivity contribution in [3.05, 3.63) is 12.7 Å². The number of amides is 2. The van der Waals surface area contributed by atoms with Gasteiger partial charge in [0.15, 0.2) is 0 Å². The molecule has 2 aliphatic rings. The fraction of sp³-hybridized carbons (Fsp3) is 0.765. The Hall–Kier alpha value is -1.36. The Morgan fingerprint density at radius 3 is 2.64 bits per heavy atom. The molecule has 124 valence electrons. The molecule has 1 atom stereocenters. The summed E-state index contributed by atoms with van der Waals surface area (Å²) in [5.41, 5.74) is 0. The molecule has 0 aromatic rings. The van der Waals surface area contributed by atoms with Gasteiger partial charge in [0, 0.05) is 39.6 Å². The number of likely N-dealkylation sites (tertiary alicyclic amines) is 2. The second-order valence-corrected chi connectivity index (χ2v) is 6.50. The van der Waals surface area contributed by atoms with Crippen LogP contribution < -0.4 is 0 Å². The molecular weight excluding hydrogens is 278 g/mol. The number of nitrogens with zero attached hydrogens (tertiary/aromatic N) is 3. The van der Waals surface area contributed by atoms with Crippen LogP contribution in [-0.2, 0) is 9.59 Å². The zero-order chi connectivity index (χ0) is 15.9. The van der Waals surface area contributed by atoms with E-state index in [1.165, 1.54) is 25.7 Å². The summed E-state index contributed by atoms with van der Waals surface area (Å²) in [4.78, 5) is 30.3. The minimum atomic E-state index is -0.179. The molecule has 0 bridgehead atoms. The van der Waals surface area contributed by atoms with E-state index in [9.17, 15) is 9.59 Å². The van der Waals surface area contributed by atoms with Gasteiger partial charge in [0.1, 0.15) is 0 Å². The Kier molecular flexibility index (Phi) is 6.43. The van der Waals surface area contributed by atoms with Crippen LogP contribution in [0, 0.1) is 5.92 Å². The van der Waals surface area contributed by atoms with Crippen LogP contribution in [0.15, 0.2) is 12.7 Å². The third-order valence-electron chi connectivity index (χ3n) is 4.74. The van der Waals surface area contributed by atoms with Crippen molar-refractivity contribution in [3.63, 3.8) is 0 Å². The van der Waals surface area contributed by atoms with Crippen molar-refractivity contribution in [1.82, 2.24) is 14.7 Å². The third-order valence-corrected chi connectivity index (χ3v) is 4.74. The molecule has 0 radical (unpaired) electrons. The first-order valence-electron chi connectivity index (χ1n) is 8.48. The first kappa shape index (κ1) is 17.0. The normalized spacial score (nSPS) is 23.4. The summed E-state index contributed by atoms with van der Waals surface area (Å²) in [6.45, 7) is 8.74. The lowest BCUT2D eigenvalue weighted by atomic mass is 10.1. The molecule has 2 heterocycles. The summed E-state index contributed by atoms with van der Waals surface area (Å²) in [6, 6.07) is 0. The monoisotopic (exact) mass is 307 g/mol. The van der Waals surface area contributed by atoms with Crippen LogP contribution in [0.2, 0.25) is 0 Å². The molecule has 2 saturated heterocycles.